The van der Waals surface area contributed by atoms with Crippen LogP contribution in [0, 0.1) is 13.8 Å². The molecule has 1 saturated heterocycles. The molecule has 1 aliphatic heterocycles. The second-order valence-electron chi connectivity index (χ2n) is 5.34. The first-order valence-corrected chi connectivity index (χ1v) is 7.02. The van der Waals surface area contributed by atoms with E-state index in [-0.39, 0.29) is 12.5 Å². The van der Waals surface area contributed by atoms with E-state index in [1.165, 1.54) is 0 Å². The second kappa shape index (κ2) is 6.69. The van der Waals surface area contributed by atoms with E-state index in [1.807, 2.05) is 32.0 Å². The quantitative estimate of drug-likeness (QED) is 0.757. The molecule has 1 atom stereocenters. The number of amides is 1. The summed E-state index contributed by atoms with van der Waals surface area (Å²) >= 11 is 0. The third-order valence-corrected chi connectivity index (χ3v) is 3.73. The van der Waals surface area contributed by atoms with E-state index < -0.39 is 12.0 Å². The summed E-state index contributed by atoms with van der Waals surface area (Å²) in [6.45, 7) is 5.58. The summed E-state index contributed by atoms with van der Waals surface area (Å²) in [6.07, 6.45) is 0. The lowest BCUT2D eigenvalue weighted by Crippen LogP contribution is -2.56. The molecular weight excluding hydrogens is 270 g/mol. The molecule has 6 nitrogen and oxygen atoms in total. The average molecular weight is 291 g/mol. The Morgan fingerprint density at radius 3 is 2.67 bits per heavy atom. The van der Waals surface area contributed by atoms with Crippen LogP contribution in [-0.2, 0) is 9.59 Å². The Hall–Kier alpha value is -1.92. The van der Waals surface area contributed by atoms with Crippen molar-refractivity contribution in [3.05, 3.63) is 29.3 Å². The predicted molar refractivity (Wildman–Crippen MR) is 80.4 cm³/mol. The first-order valence-electron chi connectivity index (χ1n) is 7.02. The van der Waals surface area contributed by atoms with Crippen LogP contribution in [0.15, 0.2) is 18.2 Å². The van der Waals surface area contributed by atoms with Crippen LogP contribution in [0.2, 0.25) is 0 Å². The van der Waals surface area contributed by atoms with Gasteiger partial charge in [0.15, 0.2) is 0 Å². The van der Waals surface area contributed by atoms with Gasteiger partial charge in [0, 0.05) is 25.3 Å². The molecule has 114 valence electrons. The SMILES string of the molecule is Cc1cccc(C)c1NC(=O)CN1CCNCC1C(=O)O. The Bertz CT molecular complexity index is 525. The van der Waals surface area contributed by atoms with Gasteiger partial charge in [0.05, 0.1) is 6.54 Å². The maximum atomic E-state index is 12.2. The van der Waals surface area contributed by atoms with E-state index in [4.69, 9.17) is 0 Å². The lowest BCUT2D eigenvalue weighted by Gasteiger charge is -2.32. The minimum Gasteiger partial charge on any atom is -0.480 e. The van der Waals surface area contributed by atoms with E-state index in [9.17, 15) is 14.7 Å². The number of nitrogens with one attached hydrogen (secondary N) is 2. The summed E-state index contributed by atoms with van der Waals surface area (Å²) < 4.78 is 0. The van der Waals surface area contributed by atoms with Gasteiger partial charge in [-0.1, -0.05) is 18.2 Å². The number of aryl methyl sites for hydroxylation is 2. The number of anilines is 1. The van der Waals surface area contributed by atoms with Gasteiger partial charge in [-0.15, -0.1) is 0 Å². The number of para-hydroxylation sites is 1. The van der Waals surface area contributed by atoms with E-state index in [0.717, 1.165) is 16.8 Å². The minimum absolute atomic E-state index is 0.0897. The van der Waals surface area contributed by atoms with Crippen LogP contribution in [0.1, 0.15) is 11.1 Å². The van der Waals surface area contributed by atoms with Crippen molar-refractivity contribution in [1.29, 1.82) is 0 Å². The number of benzene rings is 1. The maximum absolute atomic E-state index is 12.2. The number of hydrogen-bond acceptors (Lipinski definition) is 4. The third-order valence-electron chi connectivity index (χ3n) is 3.73. The lowest BCUT2D eigenvalue weighted by molar-refractivity contribution is -0.144. The van der Waals surface area contributed by atoms with Crippen LogP contribution >= 0.6 is 0 Å². The number of carboxylic acids is 1. The highest BCUT2D eigenvalue weighted by Crippen LogP contribution is 2.19. The van der Waals surface area contributed by atoms with Gasteiger partial charge in [0.1, 0.15) is 6.04 Å². The number of aliphatic carboxylic acids is 1. The van der Waals surface area contributed by atoms with Crippen LogP contribution in [0.4, 0.5) is 5.69 Å². The fourth-order valence-electron chi connectivity index (χ4n) is 2.55. The molecule has 1 fully saturated rings. The van der Waals surface area contributed by atoms with Crippen molar-refractivity contribution in [2.75, 3.05) is 31.5 Å². The van der Waals surface area contributed by atoms with Gasteiger partial charge in [-0.05, 0) is 25.0 Å². The topological polar surface area (TPSA) is 81.7 Å². The Morgan fingerprint density at radius 1 is 1.38 bits per heavy atom. The maximum Gasteiger partial charge on any atom is 0.322 e. The zero-order chi connectivity index (χ0) is 15.4. The summed E-state index contributed by atoms with van der Waals surface area (Å²) in [7, 11) is 0. The molecule has 1 aromatic rings. The summed E-state index contributed by atoms with van der Waals surface area (Å²) in [6, 6.07) is 5.17. The first-order chi connectivity index (χ1) is 9.99. The summed E-state index contributed by atoms with van der Waals surface area (Å²) in [5, 5.41) is 15.1. The van der Waals surface area contributed by atoms with Gasteiger partial charge in [-0.25, -0.2) is 0 Å². The third kappa shape index (κ3) is 3.80. The molecule has 1 unspecified atom stereocenters. The molecule has 21 heavy (non-hydrogen) atoms. The fourth-order valence-corrected chi connectivity index (χ4v) is 2.55. The van der Waals surface area contributed by atoms with Crippen molar-refractivity contribution in [3.63, 3.8) is 0 Å². The molecule has 0 bridgehead atoms. The van der Waals surface area contributed by atoms with Gasteiger partial charge < -0.3 is 15.7 Å². The van der Waals surface area contributed by atoms with Crippen LogP contribution in [0.25, 0.3) is 0 Å². The Balaban J connectivity index is 2.02. The zero-order valence-electron chi connectivity index (χ0n) is 12.3. The predicted octanol–water partition coefficient (Wildman–Crippen LogP) is 0.600. The smallest absolute Gasteiger partial charge is 0.322 e. The van der Waals surface area contributed by atoms with Crippen LogP contribution in [0.3, 0.4) is 0 Å². The van der Waals surface area contributed by atoms with E-state index in [2.05, 4.69) is 10.6 Å². The molecule has 2 rings (SSSR count). The Morgan fingerprint density at radius 2 is 2.05 bits per heavy atom. The average Bonchev–Trinajstić information content (AvgIpc) is 2.43. The summed E-state index contributed by atoms with van der Waals surface area (Å²) in [5.41, 5.74) is 2.81. The highest BCUT2D eigenvalue weighted by Gasteiger charge is 2.29. The number of rotatable bonds is 4. The number of nitrogens with zero attached hydrogens (tertiary/aromatic N) is 1. The largest absolute Gasteiger partial charge is 0.480 e. The van der Waals surface area contributed by atoms with Crippen molar-refractivity contribution in [2.45, 2.75) is 19.9 Å². The number of carbonyl (C=O) groups excluding carboxylic acids is 1. The monoisotopic (exact) mass is 291 g/mol. The molecule has 3 N–H and O–H groups in total. The molecule has 0 spiro atoms. The van der Waals surface area contributed by atoms with Crippen molar-refractivity contribution in [3.8, 4) is 0 Å². The number of carboxylic acid groups (broad SMARTS) is 1. The first kappa shape index (κ1) is 15.5. The molecule has 1 aromatic carbocycles. The van der Waals surface area contributed by atoms with Crippen molar-refractivity contribution < 1.29 is 14.7 Å². The molecule has 0 saturated carbocycles. The van der Waals surface area contributed by atoms with Gasteiger partial charge >= 0.3 is 5.97 Å². The van der Waals surface area contributed by atoms with Gasteiger partial charge in [-0.2, -0.15) is 0 Å². The number of carbonyl (C=O) groups is 2. The second-order valence-corrected chi connectivity index (χ2v) is 5.34. The molecular formula is C15H21N3O3. The van der Waals surface area contributed by atoms with Crippen LogP contribution < -0.4 is 10.6 Å². The van der Waals surface area contributed by atoms with E-state index in [0.29, 0.717) is 19.6 Å². The van der Waals surface area contributed by atoms with Crippen LogP contribution in [-0.4, -0.2) is 54.1 Å². The molecule has 1 aliphatic rings. The van der Waals surface area contributed by atoms with Gasteiger partial charge in [-0.3, -0.25) is 14.5 Å². The van der Waals surface area contributed by atoms with Gasteiger partial charge in [0.25, 0.3) is 0 Å². The lowest BCUT2D eigenvalue weighted by atomic mass is 10.1. The highest BCUT2D eigenvalue weighted by molar-refractivity contribution is 5.94. The molecule has 6 heteroatoms. The van der Waals surface area contributed by atoms with E-state index in [1.54, 1.807) is 4.90 Å². The highest BCUT2D eigenvalue weighted by atomic mass is 16.4. The number of piperazine rings is 1. The zero-order valence-corrected chi connectivity index (χ0v) is 12.3. The standard InChI is InChI=1S/C15H21N3O3/c1-10-4-3-5-11(2)14(10)17-13(19)9-18-7-6-16-8-12(18)15(20)21/h3-5,12,16H,6-9H2,1-2H3,(H,17,19)(H,20,21). The molecule has 0 aromatic heterocycles. The fraction of sp³-hybridized carbons (Fsp3) is 0.467. The van der Waals surface area contributed by atoms with Crippen LogP contribution in [0.5, 0.6) is 0 Å². The summed E-state index contributed by atoms with van der Waals surface area (Å²) in [5.74, 6) is -1.08. The van der Waals surface area contributed by atoms with Crippen molar-refractivity contribution in [2.24, 2.45) is 0 Å². The Labute approximate surface area is 124 Å². The molecule has 1 amide bonds. The normalized spacial score (nSPS) is 19.2. The Kier molecular flexibility index (Phi) is 4.93. The molecule has 1 heterocycles. The van der Waals surface area contributed by atoms with Gasteiger partial charge in [0.2, 0.25) is 5.91 Å². The molecule has 0 aliphatic carbocycles. The van der Waals surface area contributed by atoms with Crippen molar-refractivity contribution in [1.82, 2.24) is 10.2 Å². The summed E-state index contributed by atoms with van der Waals surface area (Å²) in [4.78, 5) is 25.1. The van der Waals surface area contributed by atoms with E-state index >= 15 is 0 Å². The molecule has 0 radical (unpaired) electrons. The number of hydrogen-bond donors (Lipinski definition) is 3. The van der Waals surface area contributed by atoms with Crippen molar-refractivity contribution >= 4 is 17.6 Å². The minimum atomic E-state index is -0.901.